The molecule has 0 saturated carbocycles. The Morgan fingerprint density at radius 2 is 2.00 bits per heavy atom. The van der Waals surface area contributed by atoms with Crippen molar-refractivity contribution in [1.29, 1.82) is 0 Å². The van der Waals surface area contributed by atoms with E-state index in [2.05, 4.69) is 12.1 Å². The molecular weight excluding hydrogens is 214 g/mol. The summed E-state index contributed by atoms with van der Waals surface area (Å²) >= 11 is 0. The van der Waals surface area contributed by atoms with Gasteiger partial charge in [0, 0.05) is 6.42 Å². The fraction of sp³-hybridized carbons (Fsp3) is 0.500. The van der Waals surface area contributed by atoms with Crippen LogP contribution in [-0.4, -0.2) is 23.6 Å². The summed E-state index contributed by atoms with van der Waals surface area (Å²) in [5.41, 5.74) is 1.19. The molecule has 0 aromatic heterocycles. The Morgan fingerprint density at radius 1 is 1.18 bits per heavy atom. The van der Waals surface area contributed by atoms with E-state index in [-0.39, 0.29) is 18.2 Å². The number of fused-ring (bicyclic) bond motifs is 1. The molecular formula is C14H17NO2. The number of hydrogen-bond donors (Lipinski definition) is 0. The molecule has 0 N–H and O–H groups in total. The summed E-state index contributed by atoms with van der Waals surface area (Å²) in [6, 6.07) is 10.3. The summed E-state index contributed by atoms with van der Waals surface area (Å²) < 4.78 is 5.78. The maximum absolute atomic E-state index is 12.1. The van der Waals surface area contributed by atoms with Crippen molar-refractivity contribution in [1.82, 2.24) is 4.90 Å². The molecule has 2 atom stereocenters. The van der Waals surface area contributed by atoms with Gasteiger partial charge in [-0.2, -0.15) is 0 Å². The van der Waals surface area contributed by atoms with Crippen LogP contribution in [0.5, 0.6) is 0 Å². The average molecular weight is 231 g/mol. The van der Waals surface area contributed by atoms with Crippen molar-refractivity contribution in [2.75, 3.05) is 6.61 Å². The Morgan fingerprint density at radius 3 is 2.82 bits per heavy atom. The lowest BCUT2D eigenvalue weighted by atomic mass is 10.1. The second-order valence-corrected chi connectivity index (χ2v) is 4.76. The van der Waals surface area contributed by atoms with Crippen LogP contribution in [-0.2, 0) is 9.53 Å². The lowest BCUT2D eigenvalue weighted by molar-refractivity contribution is -0.136. The minimum Gasteiger partial charge on any atom is -0.356 e. The Hall–Kier alpha value is -1.35. The third kappa shape index (κ3) is 1.95. The van der Waals surface area contributed by atoms with Gasteiger partial charge in [-0.15, -0.1) is 0 Å². The highest BCUT2D eigenvalue weighted by Gasteiger charge is 2.39. The number of ether oxygens (including phenoxy) is 1. The first-order chi connectivity index (χ1) is 8.36. The Labute approximate surface area is 101 Å². The van der Waals surface area contributed by atoms with Gasteiger partial charge in [0.25, 0.3) is 0 Å². The molecule has 1 aromatic rings. The van der Waals surface area contributed by atoms with E-state index in [0.717, 1.165) is 19.3 Å². The fourth-order valence-corrected chi connectivity index (χ4v) is 2.78. The van der Waals surface area contributed by atoms with Crippen LogP contribution >= 0.6 is 0 Å². The largest absolute Gasteiger partial charge is 0.356 e. The van der Waals surface area contributed by atoms with Gasteiger partial charge in [0.2, 0.25) is 5.91 Å². The first kappa shape index (κ1) is 10.8. The van der Waals surface area contributed by atoms with Crippen LogP contribution in [0.1, 0.15) is 37.3 Å². The van der Waals surface area contributed by atoms with Gasteiger partial charge in [0.1, 0.15) is 6.23 Å². The summed E-state index contributed by atoms with van der Waals surface area (Å²) in [4.78, 5) is 14.1. The molecule has 0 radical (unpaired) electrons. The first-order valence-corrected chi connectivity index (χ1v) is 6.34. The van der Waals surface area contributed by atoms with E-state index in [0.29, 0.717) is 13.0 Å². The van der Waals surface area contributed by atoms with Crippen LogP contribution in [0.2, 0.25) is 0 Å². The van der Waals surface area contributed by atoms with Crippen LogP contribution < -0.4 is 0 Å². The van der Waals surface area contributed by atoms with Crippen molar-refractivity contribution in [3.8, 4) is 0 Å². The molecule has 0 bridgehead atoms. The molecule has 1 amide bonds. The van der Waals surface area contributed by atoms with Gasteiger partial charge in [-0.3, -0.25) is 4.79 Å². The van der Waals surface area contributed by atoms with Crippen LogP contribution in [0.25, 0.3) is 0 Å². The zero-order valence-corrected chi connectivity index (χ0v) is 9.84. The minimum atomic E-state index is 0.00945. The third-order valence-corrected chi connectivity index (χ3v) is 3.66. The maximum atomic E-state index is 12.1. The molecule has 2 saturated heterocycles. The van der Waals surface area contributed by atoms with E-state index in [4.69, 9.17) is 4.74 Å². The summed E-state index contributed by atoms with van der Waals surface area (Å²) in [5.74, 6) is 0.249. The molecule has 0 unspecified atom stereocenters. The monoisotopic (exact) mass is 231 g/mol. The maximum Gasteiger partial charge on any atom is 0.225 e. The van der Waals surface area contributed by atoms with Gasteiger partial charge >= 0.3 is 0 Å². The quantitative estimate of drug-likeness (QED) is 0.743. The van der Waals surface area contributed by atoms with Gasteiger partial charge in [-0.25, -0.2) is 0 Å². The number of rotatable bonds is 1. The van der Waals surface area contributed by atoms with Crippen molar-refractivity contribution >= 4 is 5.91 Å². The van der Waals surface area contributed by atoms with Crippen molar-refractivity contribution in [2.24, 2.45) is 0 Å². The second-order valence-electron chi connectivity index (χ2n) is 4.76. The molecule has 2 heterocycles. The topological polar surface area (TPSA) is 29.5 Å². The molecule has 0 spiro atoms. The van der Waals surface area contributed by atoms with Crippen molar-refractivity contribution in [3.63, 3.8) is 0 Å². The van der Waals surface area contributed by atoms with E-state index in [1.54, 1.807) is 0 Å². The molecule has 3 nitrogen and oxygen atoms in total. The van der Waals surface area contributed by atoms with Gasteiger partial charge in [0.15, 0.2) is 0 Å². The lowest BCUT2D eigenvalue weighted by Crippen LogP contribution is -2.36. The second kappa shape index (κ2) is 4.49. The van der Waals surface area contributed by atoms with Crippen LogP contribution in [0.3, 0.4) is 0 Å². The van der Waals surface area contributed by atoms with E-state index in [9.17, 15) is 4.79 Å². The molecule has 3 heteroatoms. The lowest BCUT2D eigenvalue weighted by Gasteiger charge is -2.26. The molecule has 2 aliphatic heterocycles. The fourth-order valence-electron chi connectivity index (χ4n) is 2.78. The van der Waals surface area contributed by atoms with E-state index in [1.165, 1.54) is 5.56 Å². The zero-order valence-electron chi connectivity index (χ0n) is 9.84. The van der Waals surface area contributed by atoms with Gasteiger partial charge in [-0.1, -0.05) is 30.3 Å². The smallest absolute Gasteiger partial charge is 0.225 e. The van der Waals surface area contributed by atoms with Crippen LogP contribution in [0.15, 0.2) is 30.3 Å². The number of benzene rings is 1. The van der Waals surface area contributed by atoms with Crippen molar-refractivity contribution < 1.29 is 9.53 Å². The zero-order chi connectivity index (χ0) is 11.7. The van der Waals surface area contributed by atoms with Gasteiger partial charge in [-0.05, 0) is 24.8 Å². The number of amides is 1. The SMILES string of the molecule is O=C1CCCC[C@@H]2OC[C@@H](c3ccccc3)N12. The van der Waals surface area contributed by atoms with Gasteiger partial charge < -0.3 is 9.64 Å². The third-order valence-electron chi connectivity index (χ3n) is 3.66. The molecule has 3 rings (SSSR count). The number of nitrogens with zero attached hydrogens (tertiary/aromatic N) is 1. The molecule has 2 aliphatic rings. The number of carbonyl (C=O) groups is 1. The van der Waals surface area contributed by atoms with Crippen LogP contribution in [0.4, 0.5) is 0 Å². The van der Waals surface area contributed by atoms with E-state index in [1.807, 2.05) is 23.1 Å². The Kier molecular flexibility index (Phi) is 2.85. The standard InChI is InChI=1S/C14H17NO2/c16-13-8-4-5-9-14-15(13)12(10-17-14)11-6-2-1-3-7-11/h1-3,6-7,12,14H,4-5,8-10H2/t12-,14-/m0/s1. The highest BCUT2D eigenvalue weighted by Crippen LogP contribution is 2.34. The van der Waals surface area contributed by atoms with Crippen molar-refractivity contribution in [3.05, 3.63) is 35.9 Å². The summed E-state index contributed by atoms with van der Waals surface area (Å²) in [5, 5.41) is 0. The normalized spacial score (nSPS) is 28.9. The molecule has 2 fully saturated rings. The summed E-state index contributed by atoms with van der Waals surface area (Å²) in [7, 11) is 0. The molecule has 17 heavy (non-hydrogen) atoms. The van der Waals surface area contributed by atoms with E-state index >= 15 is 0 Å². The Bertz CT molecular complexity index is 404. The van der Waals surface area contributed by atoms with Crippen molar-refractivity contribution in [2.45, 2.75) is 38.0 Å². The highest BCUT2D eigenvalue weighted by atomic mass is 16.5. The molecule has 90 valence electrons. The highest BCUT2D eigenvalue weighted by molar-refractivity contribution is 5.77. The summed E-state index contributed by atoms with van der Waals surface area (Å²) in [6.07, 6.45) is 3.75. The van der Waals surface area contributed by atoms with Crippen LogP contribution in [0, 0.1) is 0 Å². The van der Waals surface area contributed by atoms with Gasteiger partial charge in [0.05, 0.1) is 12.6 Å². The predicted octanol–water partition coefficient (Wildman–Crippen LogP) is 2.49. The molecule has 0 aliphatic carbocycles. The van der Waals surface area contributed by atoms with E-state index < -0.39 is 0 Å². The summed E-state index contributed by atoms with van der Waals surface area (Å²) in [6.45, 7) is 0.639. The molecule has 1 aromatic carbocycles. The minimum absolute atomic E-state index is 0.00945. The number of carbonyl (C=O) groups excluding carboxylic acids is 1. The average Bonchev–Trinajstić information content (AvgIpc) is 2.71. The Balaban J connectivity index is 1.89. The first-order valence-electron chi connectivity index (χ1n) is 6.34. The predicted molar refractivity (Wildman–Crippen MR) is 64.2 cm³/mol. The number of hydrogen-bond acceptors (Lipinski definition) is 2.